The molecule has 2 aliphatic carbocycles. The Balaban J connectivity index is 1.78. The lowest BCUT2D eigenvalue weighted by molar-refractivity contribution is 0.155. The molecule has 0 nitrogen and oxygen atoms in total. The highest BCUT2D eigenvalue weighted by Gasteiger charge is 2.28. The molecule has 0 spiro atoms. The molecule has 0 heterocycles. The minimum Gasteiger partial charge on any atom is -0.0625 e. The van der Waals surface area contributed by atoms with Gasteiger partial charge in [0.15, 0.2) is 0 Å². The zero-order chi connectivity index (χ0) is 9.97. The predicted octanol–water partition coefficient (Wildman–Crippen LogP) is 4.64. The molecule has 2 fully saturated rings. The van der Waals surface area contributed by atoms with E-state index in [4.69, 9.17) is 0 Å². The van der Waals surface area contributed by atoms with Crippen molar-refractivity contribution in [2.45, 2.75) is 65.2 Å². The average Bonchev–Trinajstić information content (AvgIpc) is 2.21. The molecule has 0 atom stereocenters. The molecule has 2 saturated carbocycles. The summed E-state index contributed by atoms with van der Waals surface area (Å²) >= 11 is 0. The van der Waals surface area contributed by atoms with Crippen LogP contribution in [0, 0.1) is 23.7 Å². The smallest absolute Gasteiger partial charge is 0.0386 e. The highest BCUT2D eigenvalue weighted by atomic mass is 14.3. The third-order valence-corrected chi connectivity index (χ3v) is 4.79. The maximum Gasteiger partial charge on any atom is -0.0386 e. The summed E-state index contributed by atoms with van der Waals surface area (Å²) in [7, 11) is 0. The van der Waals surface area contributed by atoms with Crippen molar-refractivity contribution in [1.29, 1.82) is 0 Å². The molecule has 2 rings (SSSR count). The van der Waals surface area contributed by atoms with E-state index < -0.39 is 0 Å². The molecule has 14 heavy (non-hydrogen) atoms. The van der Waals surface area contributed by atoms with Gasteiger partial charge in [0.05, 0.1) is 0 Å². The van der Waals surface area contributed by atoms with Gasteiger partial charge in [-0.2, -0.15) is 0 Å². The summed E-state index contributed by atoms with van der Waals surface area (Å²) in [4.78, 5) is 0. The van der Waals surface area contributed by atoms with Crippen LogP contribution in [-0.4, -0.2) is 0 Å². The largest absolute Gasteiger partial charge is 0.0625 e. The highest BCUT2D eigenvalue weighted by Crippen LogP contribution is 2.40. The van der Waals surface area contributed by atoms with Crippen LogP contribution < -0.4 is 0 Å². The minimum absolute atomic E-state index is 1.02. The van der Waals surface area contributed by atoms with E-state index in [-0.39, 0.29) is 0 Å². The molecule has 2 aliphatic rings. The van der Waals surface area contributed by atoms with Gasteiger partial charge in [0.25, 0.3) is 0 Å². The zero-order valence-electron chi connectivity index (χ0n) is 9.97. The minimum atomic E-state index is 1.02. The first-order chi connectivity index (χ1) is 6.75. The van der Waals surface area contributed by atoms with Gasteiger partial charge < -0.3 is 0 Å². The van der Waals surface area contributed by atoms with Crippen molar-refractivity contribution >= 4 is 0 Å². The Morgan fingerprint density at radius 1 is 0.500 bits per heavy atom. The van der Waals surface area contributed by atoms with Crippen LogP contribution in [-0.2, 0) is 0 Å². The fraction of sp³-hybridized carbons (Fsp3) is 1.00. The van der Waals surface area contributed by atoms with Crippen LogP contribution >= 0.6 is 0 Å². The Morgan fingerprint density at radius 2 is 0.786 bits per heavy atom. The molecule has 82 valence electrons. The van der Waals surface area contributed by atoms with Crippen LogP contribution in [0.5, 0.6) is 0 Å². The SMILES string of the molecule is CC1CCC([C@H]2CC[C@H](C)CC2)CC1. The lowest BCUT2D eigenvalue weighted by atomic mass is 9.70. The molecule has 0 saturated heterocycles. The Kier molecular flexibility index (Phi) is 3.52. The summed E-state index contributed by atoms with van der Waals surface area (Å²) in [6.07, 6.45) is 12.2. The van der Waals surface area contributed by atoms with Crippen LogP contribution in [0.4, 0.5) is 0 Å². The van der Waals surface area contributed by atoms with Gasteiger partial charge in [0.1, 0.15) is 0 Å². The summed E-state index contributed by atoms with van der Waals surface area (Å²) in [5.41, 5.74) is 0. The Morgan fingerprint density at radius 3 is 1.07 bits per heavy atom. The average molecular weight is 194 g/mol. The van der Waals surface area contributed by atoms with Crippen LogP contribution in [0.3, 0.4) is 0 Å². The van der Waals surface area contributed by atoms with Gasteiger partial charge in [0.2, 0.25) is 0 Å². The molecular formula is C14H26. The molecule has 0 amide bonds. The highest BCUT2D eigenvalue weighted by molar-refractivity contribution is 4.80. The first kappa shape index (κ1) is 10.5. The quantitative estimate of drug-likeness (QED) is 0.570. The summed E-state index contributed by atoms with van der Waals surface area (Å²) in [5, 5.41) is 0. The van der Waals surface area contributed by atoms with E-state index in [1.165, 1.54) is 25.7 Å². The molecule has 0 bridgehead atoms. The molecule has 0 aromatic rings. The van der Waals surface area contributed by atoms with Crippen molar-refractivity contribution in [3.05, 3.63) is 0 Å². The molecule has 0 N–H and O–H groups in total. The van der Waals surface area contributed by atoms with Gasteiger partial charge in [-0.15, -0.1) is 0 Å². The van der Waals surface area contributed by atoms with Crippen LogP contribution in [0.2, 0.25) is 0 Å². The van der Waals surface area contributed by atoms with E-state index in [0.717, 1.165) is 23.7 Å². The van der Waals surface area contributed by atoms with E-state index in [1.54, 1.807) is 25.7 Å². The maximum absolute atomic E-state index is 2.43. The molecule has 0 aromatic heterocycles. The number of rotatable bonds is 1. The lowest BCUT2D eigenvalue weighted by Crippen LogP contribution is -2.24. The maximum atomic E-state index is 2.43. The van der Waals surface area contributed by atoms with Crippen LogP contribution in [0.25, 0.3) is 0 Å². The second-order valence-corrected chi connectivity index (χ2v) is 6.04. The normalized spacial score (nSPS) is 45.0. The zero-order valence-corrected chi connectivity index (χ0v) is 9.97. The van der Waals surface area contributed by atoms with Crippen LogP contribution in [0.15, 0.2) is 0 Å². The van der Waals surface area contributed by atoms with Gasteiger partial charge in [0, 0.05) is 0 Å². The van der Waals surface area contributed by atoms with Gasteiger partial charge in [-0.25, -0.2) is 0 Å². The Bertz CT molecular complexity index is 137. The molecule has 0 unspecified atom stereocenters. The molecule has 0 heteroatoms. The van der Waals surface area contributed by atoms with Crippen molar-refractivity contribution in [3.8, 4) is 0 Å². The Hall–Kier alpha value is 0. The van der Waals surface area contributed by atoms with E-state index in [0.29, 0.717) is 0 Å². The summed E-state index contributed by atoms with van der Waals surface area (Å²) in [6, 6.07) is 0. The monoisotopic (exact) mass is 194 g/mol. The molecule has 0 radical (unpaired) electrons. The van der Waals surface area contributed by atoms with Crippen molar-refractivity contribution in [2.75, 3.05) is 0 Å². The fourth-order valence-electron chi connectivity index (χ4n) is 3.51. The van der Waals surface area contributed by atoms with Gasteiger partial charge in [-0.05, 0) is 49.4 Å². The van der Waals surface area contributed by atoms with E-state index in [1.807, 2.05) is 0 Å². The third kappa shape index (κ3) is 2.52. The van der Waals surface area contributed by atoms with E-state index in [9.17, 15) is 0 Å². The summed E-state index contributed by atoms with van der Waals surface area (Å²) < 4.78 is 0. The predicted molar refractivity (Wildman–Crippen MR) is 62.2 cm³/mol. The summed E-state index contributed by atoms with van der Waals surface area (Å²) in [5.74, 6) is 4.26. The standard InChI is InChI=1S/C14H26/c1-11-3-7-13(8-4-11)14-9-5-12(2)6-10-14/h11-14H,3-10H2,1-2H3/t11-,12?,13-,14?. The number of hydrogen-bond donors (Lipinski definition) is 0. The fourth-order valence-corrected chi connectivity index (χ4v) is 3.51. The topological polar surface area (TPSA) is 0 Å². The first-order valence-electron chi connectivity index (χ1n) is 6.75. The van der Waals surface area contributed by atoms with Crippen molar-refractivity contribution < 1.29 is 0 Å². The summed E-state index contributed by atoms with van der Waals surface area (Å²) in [6.45, 7) is 4.86. The van der Waals surface area contributed by atoms with Gasteiger partial charge in [-0.3, -0.25) is 0 Å². The first-order valence-corrected chi connectivity index (χ1v) is 6.75. The molecule has 0 aromatic carbocycles. The Labute approximate surface area is 89.5 Å². The van der Waals surface area contributed by atoms with Crippen molar-refractivity contribution in [3.63, 3.8) is 0 Å². The molecule has 0 aliphatic heterocycles. The van der Waals surface area contributed by atoms with Crippen molar-refractivity contribution in [1.82, 2.24) is 0 Å². The second kappa shape index (κ2) is 4.68. The van der Waals surface area contributed by atoms with Crippen LogP contribution in [0.1, 0.15) is 65.2 Å². The van der Waals surface area contributed by atoms with Crippen molar-refractivity contribution in [2.24, 2.45) is 23.7 Å². The van der Waals surface area contributed by atoms with Gasteiger partial charge >= 0.3 is 0 Å². The van der Waals surface area contributed by atoms with Gasteiger partial charge in [-0.1, -0.05) is 39.5 Å². The second-order valence-electron chi connectivity index (χ2n) is 6.04. The molecular weight excluding hydrogens is 168 g/mol. The lowest BCUT2D eigenvalue weighted by Gasteiger charge is -2.36. The number of hydrogen-bond acceptors (Lipinski definition) is 0. The van der Waals surface area contributed by atoms with E-state index >= 15 is 0 Å². The third-order valence-electron chi connectivity index (χ3n) is 4.79. The van der Waals surface area contributed by atoms with E-state index in [2.05, 4.69) is 13.8 Å².